The van der Waals surface area contributed by atoms with E-state index >= 15 is 0 Å². The predicted molar refractivity (Wildman–Crippen MR) is 118 cm³/mol. The van der Waals surface area contributed by atoms with Crippen molar-refractivity contribution in [3.63, 3.8) is 0 Å². The van der Waals surface area contributed by atoms with Crippen molar-refractivity contribution >= 4 is 50.9 Å². The van der Waals surface area contributed by atoms with Crippen molar-refractivity contribution in [2.24, 2.45) is 0 Å². The minimum atomic E-state index is -0.560. The molecule has 146 valence electrons. The fourth-order valence-corrected chi connectivity index (χ4v) is 3.61. The molecule has 0 unspecified atom stereocenters. The second-order valence-corrected chi connectivity index (χ2v) is 8.65. The third-order valence-electron chi connectivity index (χ3n) is 3.90. The van der Waals surface area contributed by atoms with Gasteiger partial charge in [0, 0.05) is 20.7 Å². The summed E-state index contributed by atoms with van der Waals surface area (Å²) in [5.41, 5.74) is 0.842. The lowest BCUT2D eigenvalue weighted by atomic mass is 10.1. The number of H-pyrrole nitrogens is 1. The molecule has 2 N–H and O–H groups in total. The molecular formula is C20H14BrClN4O2S. The van der Waals surface area contributed by atoms with Gasteiger partial charge in [-0.1, -0.05) is 51.4 Å². The van der Waals surface area contributed by atoms with Crippen molar-refractivity contribution in [1.82, 2.24) is 9.97 Å². The number of rotatable bonds is 5. The van der Waals surface area contributed by atoms with Gasteiger partial charge in [-0.2, -0.15) is 5.26 Å². The first kappa shape index (κ1) is 21.1. The van der Waals surface area contributed by atoms with Gasteiger partial charge in [0.15, 0.2) is 5.16 Å². The molecule has 2 aromatic carbocycles. The van der Waals surface area contributed by atoms with Gasteiger partial charge in [0.25, 0.3) is 5.56 Å². The lowest BCUT2D eigenvalue weighted by Crippen LogP contribution is -2.23. The Balaban J connectivity index is 1.84. The number of amides is 1. The molecule has 0 fully saturated rings. The number of aromatic amines is 1. The van der Waals surface area contributed by atoms with E-state index in [0.717, 1.165) is 16.2 Å². The van der Waals surface area contributed by atoms with Crippen molar-refractivity contribution in [3.05, 3.63) is 73.9 Å². The lowest BCUT2D eigenvalue weighted by molar-refractivity contribution is -0.115. The minimum Gasteiger partial charge on any atom is -0.325 e. The molecular weight excluding hydrogens is 476 g/mol. The molecule has 0 radical (unpaired) electrons. The fourth-order valence-electron chi connectivity index (χ4n) is 2.43. The number of aromatic nitrogens is 2. The summed E-state index contributed by atoms with van der Waals surface area (Å²) in [6.45, 7) is 1.71. The highest BCUT2D eigenvalue weighted by Crippen LogP contribution is 2.26. The van der Waals surface area contributed by atoms with Crippen molar-refractivity contribution in [2.75, 3.05) is 5.32 Å². The number of thioether (sulfide) groups is 1. The number of benzene rings is 2. The van der Waals surface area contributed by atoms with Gasteiger partial charge in [0.2, 0.25) is 5.91 Å². The molecule has 1 atom stereocenters. The number of hydrogen-bond donors (Lipinski definition) is 2. The van der Waals surface area contributed by atoms with Crippen LogP contribution in [0.5, 0.6) is 0 Å². The van der Waals surface area contributed by atoms with Gasteiger partial charge in [-0.05, 0) is 43.3 Å². The highest BCUT2D eigenvalue weighted by molar-refractivity contribution is 9.10. The molecule has 3 rings (SSSR count). The molecule has 0 aliphatic rings. The smallest absolute Gasteiger partial charge is 0.270 e. The molecule has 0 aliphatic carbocycles. The van der Waals surface area contributed by atoms with Crippen LogP contribution >= 0.6 is 39.3 Å². The number of carbonyl (C=O) groups excluding carboxylic acids is 1. The summed E-state index contributed by atoms with van der Waals surface area (Å²) < 4.78 is 0.909. The normalized spacial score (nSPS) is 11.5. The first-order chi connectivity index (χ1) is 13.9. The van der Waals surface area contributed by atoms with Gasteiger partial charge in [-0.15, -0.1) is 0 Å². The maximum Gasteiger partial charge on any atom is 0.270 e. The number of nitrogens with zero attached hydrogens (tertiary/aromatic N) is 2. The van der Waals surface area contributed by atoms with Crippen molar-refractivity contribution in [3.8, 4) is 17.3 Å². The van der Waals surface area contributed by atoms with Gasteiger partial charge < -0.3 is 10.3 Å². The van der Waals surface area contributed by atoms with E-state index in [-0.39, 0.29) is 22.3 Å². The van der Waals surface area contributed by atoms with Gasteiger partial charge in [-0.25, -0.2) is 4.98 Å². The highest BCUT2D eigenvalue weighted by atomic mass is 79.9. The van der Waals surface area contributed by atoms with Crippen molar-refractivity contribution in [2.45, 2.75) is 17.3 Å². The zero-order valence-electron chi connectivity index (χ0n) is 15.1. The summed E-state index contributed by atoms with van der Waals surface area (Å²) in [5, 5.41) is 12.4. The predicted octanol–water partition coefficient (Wildman–Crippen LogP) is 4.84. The molecule has 1 amide bonds. The highest BCUT2D eigenvalue weighted by Gasteiger charge is 2.19. The maximum absolute atomic E-state index is 12.5. The molecule has 9 heteroatoms. The Hall–Kier alpha value is -2.60. The van der Waals surface area contributed by atoms with Crippen LogP contribution in [0.4, 0.5) is 5.69 Å². The molecule has 0 aliphatic heterocycles. The van der Waals surface area contributed by atoms with Crippen molar-refractivity contribution in [1.29, 1.82) is 5.26 Å². The molecule has 1 aromatic heterocycles. The summed E-state index contributed by atoms with van der Waals surface area (Å²) in [5.74, 6) is -0.239. The second-order valence-electron chi connectivity index (χ2n) is 5.97. The van der Waals surface area contributed by atoms with Crippen molar-refractivity contribution < 1.29 is 4.79 Å². The van der Waals surface area contributed by atoms with Crippen LogP contribution in [-0.4, -0.2) is 21.1 Å². The number of anilines is 1. The molecule has 1 heterocycles. The van der Waals surface area contributed by atoms with Crippen LogP contribution in [0.25, 0.3) is 11.3 Å². The monoisotopic (exact) mass is 488 g/mol. The average Bonchev–Trinajstić information content (AvgIpc) is 2.70. The summed E-state index contributed by atoms with van der Waals surface area (Å²) >= 11 is 10.3. The van der Waals surface area contributed by atoms with E-state index in [9.17, 15) is 14.9 Å². The standard InChI is InChI=1S/C20H14BrClN4O2S/c1-11(18(27)24-15-8-4-13(21)5-9-15)29-20-25-17(16(10-23)19(28)26-20)12-2-6-14(22)7-3-12/h2-9,11H,1H3,(H,24,27)(H,25,26,28)/t11-/m0/s1. The maximum atomic E-state index is 12.5. The van der Waals surface area contributed by atoms with Crippen LogP contribution in [0.15, 0.2) is 63.0 Å². The van der Waals surface area contributed by atoms with E-state index < -0.39 is 10.8 Å². The molecule has 0 saturated heterocycles. The largest absolute Gasteiger partial charge is 0.325 e. The van der Waals surface area contributed by atoms with Crippen LogP contribution in [0.2, 0.25) is 5.02 Å². The topological polar surface area (TPSA) is 98.6 Å². The molecule has 0 saturated carbocycles. The van der Waals surface area contributed by atoms with Gasteiger partial charge >= 0.3 is 0 Å². The third-order valence-corrected chi connectivity index (χ3v) is 5.66. The van der Waals surface area contributed by atoms with Crippen LogP contribution < -0.4 is 10.9 Å². The average molecular weight is 490 g/mol. The second kappa shape index (κ2) is 9.27. The van der Waals surface area contributed by atoms with Crippen LogP contribution in [0, 0.1) is 11.3 Å². The summed E-state index contributed by atoms with van der Waals surface area (Å²) in [7, 11) is 0. The first-order valence-corrected chi connectivity index (χ1v) is 10.5. The van der Waals surface area contributed by atoms with E-state index in [4.69, 9.17) is 11.6 Å². The Morgan fingerprint density at radius 1 is 1.24 bits per heavy atom. The SMILES string of the molecule is C[C@H](Sc1nc(-c2ccc(Cl)cc2)c(C#N)c(=O)[nH]1)C(=O)Nc1ccc(Br)cc1. The van der Waals surface area contributed by atoms with E-state index in [1.54, 1.807) is 43.3 Å². The zero-order valence-corrected chi connectivity index (χ0v) is 18.2. The van der Waals surface area contributed by atoms with Crippen LogP contribution in [0.3, 0.4) is 0 Å². The van der Waals surface area contributed by atoms with Gasteiger partial charge in [0.1, 0.15) is 11.6 Å². The van der Waals surface area contributed by atoms with E-state index in [1.165, 1.54) is 0 Å². The van der Waals surface area contributed by atoms with E-state index in [1.807, 2.05) is 18.2 Å². The van der Waals surface area contributed by atoms with E-state index in [2.05, 4.69) is 31.2 Å². The van der Waals surface area contributed by atoms with Crippen LogP contribution in [0.1, 0.15) is 12.5 Å². The third kappa shape index (κ3) is 5.26. The number of nitriles is 1. The molecule has 0 bridgehead atoms. The Kier molecular flexibility index (Phi) is 6.75. The Bertz CT molecular complexity index is 1140. The number of halogens is 2. The van der Waals surface area contributed by atoms with E-state index in [0.29, 0.717) is 16.3 Å². The summed E-state index contributed by atoms with van der Waals surface area (Å²) in [6.07, 6.45) is 0. The fraction of sp³-hybridized carbons (Fsp3) is 0.100. The lowest BCUT2D eigenvalue weighted by Gasteiger charge is -2.12. The minimum absolute atomic E-state index is 0.0939. The molecule has 6 nitrogen and oxygen atoms in total. The Labute approximate surface area is 184 Å². The summed E-state index contributed by atoms with van der Waals surface area (Å²) in [6, 6.07) is 15.8. The van der Waals surface area contributed by atoms with Crippen LogP contribution in [-0.2, 0) is 4.79 Å². The number of nitrogens with one attached hydrogen (secondary N) is 2. The zero-order chi connectivity index (χ0) is 21.0. The first-order valence-electron chi connectivity index (χ1n) is 8.41. The van der Waals surface area contributed by atoms with Gasteiger partial charge in [0.05, 0.1) is 10.9 Å². The number of carbonyl (C=O) groups is 1. The molecule has 0 spiro atoms. The quantitative estimate of drug-likeness (QED) is 0.394. The summed E-state index contributed by atoms with van der Waals surface area (Å²) in [4.78, 5) is 31.8. The molecule has 29 heavy (non-hydrogen) atoms. The van der Waals surface area contributed by atoms with Gasteiger partial charge in [-0.3, -0.25) is 9.59 Å². The molecule has 3 aromatic rings. The Morgan fingerprint density at radius 3 is 2.52 bits per heavy atom. The number of hydrogen-bond acceptors (Lipinski definition) is 5. The Morgan fingerprint density at radius 2 is 1.90 bits per heavy atom.